The second kappa shape index (κ2) is 4.82. The van der Waals surface area contributed by atoms with Crippen LogP contribution in [0.3, 0.4) is 0 Å². The Hall–Kier alpha value is -1.92. The first-order valence-electron chi connectivity index (χ1n) is 6.88. The number of fused-ring (bicyclic) bond motifs is 1. The number of anilines is 3. The molecular weight excluding hydrogens is 283 g/mol. The molecule has 0 saturated carbocycles. The number of carbonyl (C=O) groups excluding carboxylic acids is 1. The third-order valence-electron chi connectivity index (χ3n) is 4.10. The summed E-state index contributed by atoms with van der Waals surface area (Å²) >= 11 is 0. The van der Waals surface area contributed by atoms with E-state index < -0.39 is 12.1 Å². The van der Waals surface area contributed by atoms with Crippen molar-refractivity contribution in [2.24, 2.45) is 5.92 Å². The molecule has 1 aromatic carbocycles. The fraction of sp³-hybridized carbons (Fsp3) is 0.500. The van der Waals surface area contributed by atoms with Gasteiger partial charge in [0.05, 0.1) is 23.7 Å². The van der Waals surface area contributed by atoms with Crippen LogP contribution in [0.25, 0.3) is 0 Å². The summed E-state index contributed by atoms with van der Waals surface area (Å²) in [5.41, 5.74) is 8.41. The van der Waals surface area contributed by atoms with E-state index in [2.05, 4.69) is 5.32 Å². The Morgan fingerprint density at radius 3 is 2.81 bits per heavy atom. The molecule has 1 fully saturated rings. The fourth-order valence-electron chi connectivity index (χ4n) is 3.02. The standard InChI is InChI=1S/C14H16F3N3O/c15-14(16,17)9-2-1-3-20(7-9)12-6-11-8(4-10(12)18)5-13(21)19-11/h4,6,9H,1-3,5,7,18H2,(H,19,21). The van der Waals surface area contributed by atoms with Crippen molar-refractivity contribution in [3.05, 3.63) is 17.7 Å². The van der Waals surface area contributed by atoms with Crippen LogP contribution in [-0.4, -0.2) is 25.2 Å². The number of benzene rings is 1. The minimum atomic E-state index is -4.18. The summed E-state index contributed by atoms with van der Waals surface area (Å²) in [4.78, 5) is 13.0. The van der Waals surface area contributed by atoms with Gasteiger partial charge in [-0.2, -0.15) is 13.2 Å². The molecule has 114 valence electrons. The second-order valence-electron chi connectivity index (χ2n) is 5.62. The number of halogens is 3. The summed E-state index contributed by atoms with van der Waals surface area (Å²) in [7, 11) is 0. The van der Waals surface area contributed by atoms with Gasteiger partial charge in [-0.15, -0.1) is 0 Å². The number of hydrogen-bond donors (Lipinski definition) is 2. The van der Waals surface area contributed by atoms with Crippen molar-refractivity contribution in [1.29, 1.82) is 0 Å². The first-order chi connectivity index (χ1) is 9.84. The molecule has 0 aromatic heterocycles. The first kappa shape index (κ1) is 14.0. The molecule has 2 aliphatic rings. The maximum absolute atomic E-state index is 12.9. The second-order valence-corrected chi connectivity index (χ2v) is 5.62. The van der Waals surface area contributed by atoms with E-state index in [0.29, 0.717) is 30.0 Å². The molecule has 0 bridgehead atoms. The molecule has 1 amide bonds. The van der Waals surface area contributed by atoms with Gasteiger partial charge >= 0.3 is 6.18 Å². The molecule has 21 heavy (non-hydrogen) atoms. The van der Waals surface area contributed by atoms with E-state index in [0.717, 1.165) is 5.56 Å². The van der Waals surface area contributed by atoms with Gasteiger partial charge in [0.2, 0.25) is 5.91 Å². The molecule has 1 unspecified atom stereocenters. The van der Waals surface area contributed by atoms with E-state index in [4.69, 9.17) is 5.73 Å². The molecule has 1 aromatic rings. The maximum Gasteiger partial charge on any atom is 0.393 e. The van der Waals surface area contributed by atoms with Gasteiger partial charge in [-0.25, -0.2) is 0 Å². The van der Waals surface area contributed by atoms with Crippen LogP contribution >= 0.6 is 0 Å². The summed E-state index contributed by atoms with van der Waals surface area (Å²) in [6.07, 6.45) is -3.28. The zero-order valence-electron chi connectivity index (χ0n) is 11.3. The summed E-state index contributed by atoms with van der Waals surface area (Å²) < 4.78 is 38.7. The Morgan fingerprint density at radius 2 is 2.10 bits per heavy atom. The Kier molecular flexibility index (Phi) is 3.22. The Labute approximate surface area is 120 Å². The van der Waals surface area contributed by atoms with Gasteiger partial charge in [-0.1, -0.05) is 0 Å². The zero-order valence-corrected chi connectivity index (χ0v) is 11.3. The predicted molar refractivity (Wildman–Crippen MR) is 74.2 cm³/mol. The molecule has 4 nitrogen and oxygen atoms in total. The molecule has 1 saturated heterocycles. The number of rotatable bonds is 1. The number of hydrogen-bond acceptors (Lipinski definition) is 3. The lowest BCUT2D eigenvalue weighted by Crippen LogP contribution is -2.42. The number of piperidine rings is 1. The molecule has 0 aliphatic carbocycles. The largest absolute Gasteiger partial charge is 0.397 e. The number of carbonyl (C=O) groups is 1. The van der Waals surface area contributed by atoms with Crippen molar-refractivity contribution >= 4 is 23.0 Å². The van der Waals surface area contributed by atoms with Gasteiger partial charge < -0.3 is 16.0 Å². The van der Waals surface area contributed by atoms with E-state index in [1.807, 2.05) is 0 Å². The quantitative estimate of drug-likeness (QED) is 0.784. The number of alkyl halides is 3. The van der Waals surface area contributed by atoms with E-state index in [1.165, 1.54) is 0 Å². The van der Waals surface area contributed by atoms with Crippen LogP contribution in [-0.2, 0) is 11.2 Å². The molecule has 3 N–H and O–H groups in total. The maximum atomic E-state index is 12.9. The van der Waals surface area contributed by atoms with E-state index in [-0.39, 0.29) is 25.3 Å². The molecular formula is C14H16F3N3O. The lowest BCUT2D eigenvalue weighted by molar-refractivity contribution is -0.175. The SMILES string of the molecule is Nc1cc2c(cc1N1CCCC(C(F)(F)F)C1)NC(=O)C2. The number of nitrogens with two attached hydrogens (primary N) is 1. The van der Waals surface area contributed by atoms with Crippen molar-refractivity contribution in [2.75, 3.05) is 29.0 Å². The molecule has 3 rings (SSSR count). The fourth-order valence-corrected chi connectivity index (χ4v) is 3.02. The van der Waals surface area contributed by atoms with Crippen LogP contribution in [0.1, 0.15) is 18.4 Å². The van der Waals surface area contributed by atoms with Crippen molar-refractivity contribution in [2.45, 2.75) is 25.4 Å². The van der Waals surface area contributed by atoms with Crippen LogP contribution in [0.5, 0.6) is 0 Å². The van der Waals surface area contributed by atoms with E-state index in [9.17, 15) is 18.0 Å². The lowest BCUT2D eigenvalue weighted by atomic mass is 9.96. The van der Waals surface area contributed by atoms with Crippen LogP contribution in [0.15, 0.2) is 12.1 Å². The first-order valence-corrected chi connectivity index (χ1v) is 6.88. The van der Waals surface area contributed by atoms with E-state index in [1.54, 1.807) is 17.0 Å². The minimum Gasteiger partial charge on any atom is -0.397 e. The highest BCUT2D eigenvalue weighted by Crippen LogP contribution is 2.39. The highest BCUT2D eigenvalue weighted by atomic mass is 19.4. The van der Waals surface area contributed by atoms with Crippen LogP contribution in [0.2, 0.25) is 0 Å². The minimum absolute atomic E-state index is 0.0829. The van der Waals surface area contributed by atoms with Gasteiger partial charge in [0.1, 0.15) is 0 Å². The molecule has 1 atom stereocenters. The molecule has 2 aliphatic heterocycles. The van der Waals surface area contributed by atoms with Crippen LogP contribution in [0, 0.1) is 5.92 Å². The molecule has 0 spiro atoms. The summed E-state index contributed by atoms with van der Waals surface area (Å²) in [5.74, 6) is -1.44. The van der Waals surface area contributed by atoms with Crippen molar-refractivity contribution in [3.8, 4) is 0 Å². The highest BCUT2D eigenvalue weighted by molar-refractivity contribution is 6.00. The number of nitrogen functional groups attached to an aromatic ring is 1. The topological polar surface area (TPSA) is 58.4 Å². The van der Waals surface area contributed by atoms with Crippen LogP contribution in [0.4, 0.5) is 30.2 Å². The van der Waals surface area contributed by atoms with Crippen molar-refractivity contribution in [1.82, 2.24) is 0 Å². The normalized spacial score (nSPS) is 22.1. The summed E-state index contributed by atoms with van der Waals surface area (Å²) in [6, 6.07) is 3.37. The Morgan fingerprint density at radius 1 is 1.33 bits per heavy atom. The van der Waals surface area contributed by atoms with Gasteiger partial charge in [-0.05, 0) is 30.5 Å². The monoisotopic (exact) mass is 299 g/mol. The van der Waals surface area contributed by atoms with Crippen molar-refractivity contribution < 1.29 is 18.0 Å². The Bertz CT molecular complexity index is 586. The smallest absolute Gasteiger partial charge is 0.393 e. The third-order valence-corrected chi connectivity index (χ3v) is 4.10. The average Bonchev–Trinajstić information content (AvgIpc) is 2.76. The average molecular weight is 299 g/mol. The Balaban J connectivity index is 1.87. The number of amides is 1. The number of nitrogens with one attached hydrogen (secondary N) is 1. The summed E-state index contributed by atoms with van der Waals surface area (Å²) in [5, 5.41) is 2.70. The van der Waals surface area contributed by atoms with Gasteiger partial charge in [0.25, 0.3) is 0 Å². The van der Waals surface area contributed by atoms with Crippen LogP contribution < -0.4 is 16.0 Å². The molecule has 0 radical (unpaired) electrons. The molecule has 2 heterocycles. The predicted octanol–water partition coefficient (Wildman–Crippen LogP) is 2.54. The summed E-state index contributed by atoms with van der Waals surface area (Å²) in [6.45, 7) is 0.462. The third kappa shape index (κ3) is 2.64. The lowest BCUT2D eigenvalue weighted by Gasteiger charge is -2.36. The van der Waals surface area contributed by atoms with Gasteiger partial charge in [0.15, 0.2) is 0 Å². The van der Waals surface area contributed by atoms with E-state index >= 15 is 0 Å². The van der Waals surface area contributed by atoms with Gasteiger partial charge in [-0.3, -0.25) is 4.79 Å². The zero-order chi connectivity index (χ0) is 15.2. The highest BCUT2D eigenvalue weighted by Gasteiger charge is 2.42. The van der Waals surface area contributed by atoms with Gasteiger partial charge in [0, 0.05) is 18.8 Å². The number of nitrogens with zero attached hydrogens (tertiary/aromatic N) is 1. The van der Waals surface area contributed by atoms with Crippen molar-refractivity contribution in [3.63, 3.8) is 0 Å². The molecule has 7 heteroatoms.